The van der Waals surface area contributed by atoms with Crippen molar-refractivity contribution in [3.63, 3.8) is 0 Å². The van der Waals surface area contributed by atoms with Crippen molar-refractivity contribution in [1.82, 2.24) is 4.90 Å². The van der Waals surface area contributed by atoms with Crippen LogP contribution >= 0.6 is 0 Å². The number of carbonyl (C=O) groups is 2. The van der Waals surface area contributed by atoms with Crippen LogP contribution in [-0.2, 0) is 25.9 Å². The van der Waals surface area contributed by atoms with E-state index < -0.39 is 34.4 Å². The Balaban J connectivity index is 1.68. The molecule has 1 heterocycles. The van der Waals surface area contributed by atoms with E-state index in [1.165, 1.54) is 29.2 Å². The molecule has 150 valence electrons. The van der Waals surface area contributed by atoms with Crippen molar-refractivity contribution >= 4 is 21.7 Å². The van der Waals surface area contributed by atoms with E-state index in [1.54, 1.807) is 0 Å². The number of esters is 1. The Hall–Kier alpha value is -3.18. The van der Waals surface area contributed by atoms with Crippen LogP contribution in [0.2, 0.25) is 0 Å². The van der Waals surface area contributed by atoms with E-state index in [4.69, 9.17) is 10.00 Å². The lowest BCUT2D eigenvalue weighted by Crippen LogP contribution is -2.42. The van der Waals surface area contributed by atoms with Crippen LogP contribution in [0.3, 0.4) is 0 Å². The Labute approximate surface area is 169 Å². The zero-order valence-electron chi connectivity index (χ0n) is 15.7. The molecule has 0 spiro atoms. The number of benzene rings is 2. The van der Waals surface area contributed by atoms with Crippen LogP contribution in [0.15, 0.2) is 54.6 Å². The van der Waals surface area contributed by atoms with Crippen LogP contribution in [-0.4, -0.2) is 49.3 Å². The van der Waals surface area contributed by atoms with Crippen LogP contribution < -0.4 is 0 Å². The molecule has 0 aliphatic carbocycles. The quantitative estimate of drug-likeness (QED) is 0.672. The minimum absolute atomic E-state index is 0.0429. The predicted octanol–water partition coefficient (Wildman–Crippen LogP) is 1.93. The number of nitrogens with zero attached hydrogens (tertiary/aromatic N) is 2. The van der Waals surface area contributed by atoms with E-state index >= 15 is 0 Å². The number of carbonyl (C=O) groups excluding carboxylic acids is 2. The van der Waals surface area contributed by atoms with Gasteiger partial charge >= 0.3 is 5.97 Å². The molecule has 3 rings (SSSR count). The van der Waals surface area contributed by atoms with Crippen molar-refractivity contribution < 1.29 is 22.7 Å². The van der Waals surface area contributed by atoms with Gasteiger partial charge in [-0.3, -0.25) is 4.79 Å². The second-order valence-corrected chi connectivity index (χ2v) is 9.06. The van der Waals surface area contributed by atoms with Crippen LogP contribution in [0.5, 0.6) is 0 Å². The highest BCUT2D eigenvalue weighted by Gasteiger charge is 2.35. The largest absolute Gasteiger partial charge is 0.452 e. The summed E-state index contributed by atoms with van der Waals surface area (Å²) in [7, 11) is -3.18. The minimum atomic E-state index is -3.18. The van der Waals surface area contributed by atoms with Crippen molar-refractivity contribution in [2.45, 2.75) is 19.0 Å². The molecule has 0 saturated carbocycles. The van der Waals surface area contributed by atoms with Crippen molar-refractivity contribution in [3.05, 3.63) is 71.3 Å². The van der Waals surface area contributed by atoms with E-state index in [1.807, 2.05) is 36.4 Å². The first-order valence-corrected chi connectivity index (χ1v) is 10.9. The molecule has 1 atom stereocenters. The fourth-order valence-electron chi connectivity index (χ4n) is 3.20. The zero-order valence-corrected chi connectivity index (χ0v) is 16.5. The van der Waals surface area contributed by atoms with E-state index in [0.29, 0.717) is 12.0 Å². The summed E-state index contributed by atoms with van der Waals surface area (Å²) in [6.45, 7) is -0.240. The second-order valence-electron chi connectivity index (χ2n) is 6.83. The van der Waals surface area contributed by atoms with Crippen molar-refractivity contribution in [3.8, 4) is 6.07 Å². The third-order valence-corrected chi connectivity index (χ3v) is 6.49. The molecule has 8 heteroatoms. The third kappa shape index (κ3) is 5.42. The molecule has 1 aliphatic rings. The molecule has 1 fully saturated rings. The van der Waals surface area contributed by atoms with Crippen LogP contribution in [0.25, 0.3) is 0 Å². The van der Waals surface area contributed by atoms with Gasteiger partial charge in [0.05, 0.1) is 28.7 Å². The van der Waals surface area contributed by atoms with Gasteiger partial charge in [0.1, 0.15) is 0 Å². The standard InChI is InChI=1S/C21H20N2O5S/c22-12-16-6-8-18(9-7-16)21(25)28-14-20(24)23(13-17-4-2-1-3-5-17)19-10-11-29(26,27)15-19/h1-9,19H,10-11,13-15H2/t19-/m0/s1. The summed E-state index contributed by atoms with van der Waals surface area (Å²) in [5.41, 5.74) is 1.51. The number of sulfone groups is 1. The maximum atomic E-state index is 12.8. The summed E-state index contributed by atoms with van der Waals surface area (Å²) in [6, 6.07) is 16.6. The Morgan fingerprint density at radius 3 is 2.38 bits per heavy atom. The molecule has 1 amide bonds. The molecule has 2 aromatic carbocycles. The van der Waals surface area contributed by atoms with Gasteiger partial charge < -0.3 is 9.64 Å². The lowest BCUT2D eigenvalue weighted by atomic mass is 10.1. The summed E-state index contributed by atoms with van der Waals surface area (Å²) in [6.07, 6.45) is 0.366. The van der Waals surface area contributed by atoms with Gasteiger partial charge in [-0.25, -0.2) is 13.2 Å². The van der Waals surface area contributed by atoms with Crippen molar-refractivity contribution in [1.29, 1.82) is 5.26 Å². The predicted molar refractivity (Wildman–Crippen MR) is 105 cm³/mol. The highest BCUT2D eigenvalue weighted by atomic mass is 32.2. The molecule has 0 radical (unpaired) electrons. The zero-order chi connectivity index (χ0) is 20.9. The monoisotopic (exact) mass is 412 g/mol. The molecule has 7 nitrogen and oxygen atoms in total. The van der Waals surface area contributed by atoms with Gasteiger partial charge in [0.2, 0.25) is 0 Å². The smallest absolute Gasteiger partial charge is 0.338 e. The van der Waals surface area contributed by atoms with Gasteiger partial charge in [-0.2, -0.15) is 5.26 Å². The van der Waals surface area contributed by atoms with Crippen molar-refractivity contribution in [2.75, 3.05) is 18.1 Å². The molecular formula is C21H20N2O5S. The number of rotatable bonds is 6. The van der Waals surface area contributed by atoms with E-state index in [-0.39, 0.29) is 23.6 Å². The second kappa shape index (κ2) is 8.88. The number of ether oxygens (including phenoxy) is 1. The molecule has 0 aromatic heterocycles. The summed E-state index contributed by atoms with van der Waals surface area (Å²) in [4.78, 5) is 26.5. The average Bonchev–Trinajstić information content (AvgIpc) is 3.10. The molecule has 1 aliphatic heterocycles. The first kappa shape index (κ1) is 20.6. The molecule has 0 N–H and O–H groups in total. The SMILES string of the molecule is N#Cc1ccc(C(=O)OCC(=O)N(Cc2ccccc2)[C@H]2CCS(=O)(=O)C2)cc1. The highest BCUT2D eigenvalue weighted by Crippen LogP contribution is 2.20. The number of amides is 1. The minimum Gasteiger partial charge on any atom is -0.452 e. The average molecular weight is 412 g/mol. The molecule has 2 aromatic rings. The van der Waals surface area contributed by atoms with E-state index in [9.17, 15) is 18.0 Å². The Morgan fingerprint density at radius 2 is 1.79 bits per heavy atom. The lowest BCUT2D eigenvalue weighted by molar-refractivity contribution is -0.137. The molecule has 0 unspecified atom stereocenters. The van der Waals surface area contributed by atoms with Gasteiger partial charge in [-0.15, -0.1) is 0 Å². The summed E-state index contributed by atoms with van der Waals surface area (Å²) >= 11 is 0. The topological polar surface area (TPSA) is 105 Å². The molecule has 1 saturated heterocycles. The third-order valence-electron chi connectivity index (χ3n) is 4.74. The fourth-order valence-corrected chi connectivity index (χ4v) is 4.93. The first-order valence-electron chi connectivity index (χ1n) is 9.09. The van der Waals surface area contributed by atoms with Crippen LogP contribution in [0.4, 0.5) is 0 Å². The number of nitriles is 1. The summed E-state index contributed by atoms with van der Waals surface area (Å²) in [5.74, 6) is -1.17. The van der Waals surface area contributed by atoms with Gasteiger partial charge in [0, 0.05) is 12.6 Å². The molecule has 29 heavy (non-hydrogen) atoms. The van der Waals surface area contributed by atoms with Gasteiger partial charge in [0.25, 0.3) is 5.91 Å². The van der Waals surface area contributed by atoms with Gasteiger partial charge in [-0.05, 0) is 36.2 Å². The Bertz CT molecular complexity index is 1030. The fraction of sp³-hybridized carbons (Fsp3) is 0.286. The van der Waals surface area contributed by atoms with E-state index in [0.717, 1.165) is 5.56 Å². The highest BCUT2D eigenvalue weighted by molar-refractivity contribution is 7.91. The van der Waals surface area contributed by atoms with Crippen molar-refractivity contribution in [2.24, 2.45) is 0 Å². The maximum Gasteiger partial charge on any atom is 0.338 e. The first-order chi connectivity index (χ1) is 13.9. The Morgan fingerprint density at radius 1 is 1.10 bits per heavy atom. The van der Waals surface area contributed by atoms with Crippen LogP contribution in [0.1, 0.15) is 27.9 Å². The van der Waals surface area contributed by atoms with E-state index in [2.05, 4.69) is 0 Å². The van der Waals surface area contributed by atoms with Gasteiger partial charge in [0.15, 0.2) is 16.4 Å². The van der Waals surface area contributed by atoms with Gasteiger partial charge in [-0.1, -0.05) is 30.3 Å². The molecular weight excluding hydrogens is 392 g/mol. The Kier molecular flexibility index (Phi) is 6.29. The summed E-state index contributed by atoms with van der Waals surface area (Å²) < 4.78 is 28.9. The summed E-state index contributed by atoms with van der Waals surface area (Å²) in [5, 5.41) is 8.81. The lowest BCUT2D eigenvalue weighted by Gasteiger charge is -2.28. The maximum absolute atomic E-state index is 12.8. The normalized spacial score (nSPS) is 17.3. The molecule has 0 bridgehead atoms. The number of hydrogen-bond acceptors (Lipinski definition) is 6. The number of hydrogen-bond donors (Lipinski definition) is 0. The van der Waals surface area contributed by atoms with Crippen LogP contribution in [0, 0.1) is 11.3 Å².